The zero-order valence-electron chi connectivity index (χ0n) is 11.1. The highest BCUT2D eigenvalue weighted by Gasteiger charge is 2.30. The Morgan fingerprint density at radius 3 is 2.81 bits per heavy atom. The maximum atomic E-state index is 13.2. The Kier molecular flexibility index (Phi) is 4.33. The molecule has 114 valence electrons. The summed E-state index contributed by atoms with van der Waals surface area (Å²) in [5, 5.41) is 2.18. The molecule has 1 aliphatic rings. The molecule has 1 fully saturated rings. The Balaban J connectivity index is 2.30. The lowest BCUT2D eigenvalue weighted by Crippen LogP contribution is -2.39. The van der Waals surface area contributed by atoms with E-state index in [-0.39, 0.29) is 24.3 Å². The molecule has 0 aromatic carbocycles. The number of carbonyl (C=O) groups is 2. The van der Waals surface area contributed by atoms with Crippen molar-refractivity contribution < 1.29 is 26.6 Å². The molecule has 21 heavy (non-hydrogen) atoms. The van der Waals surface area contributed by atoms with Crippen LogP contribution in [0.4, 0.5) is 4.39 Å². The summed E-state index contributed by atoms with van der Waals surface area (Å²) in [4.78, 5) is 26.4. The minimum absolute atomic E-state index is 0.153. The molecule has 1 aliphatic heterocycles. The molecule has 1 aromatic rings. The average molecular weight is 316 g/mol. The first-order valence-corrected chi connectivity index (χ1v) is 7.90. The number of carbonyl (C=O) groups excluding carboxylic acids is 2. The molecule has 0 saturated carbocycles. The van der Waals surface area contributed by atoms with Gasteiger partial charge in [0.25, 0.3) is 10.1 Å². The van der Waals surface area contributed by atoms with E-state index in [1.165, 1.54) is 0 Å². The van der Waals surface area contributed by atoms with E-state index in [0.717, 1.165) is 18.5 Å². The van der Waals surface area contributed by atoms with Gasteiger partial charge >= 0.3 is 0 Å². The van der Waals surface area contributed by atoms with Gasteiger partial charge in [-0.25, -0.2) is 4.98 Å². The molecule has 2 heterocycles. The lowest BCUT2D eigenvalue weighted by molar-refractivity contribution is -0.134. The van der Waals surface area contributed by atoms with Gasteiger partial charge in [-0.3, -0.25) is 19.1 Å². The minimum Gasteiger partial charge on any atom is -0.296 e. The predicted molar refractivity (Wildman–Crippen MR) is 69.0 cm³/mol. The van der Waals surface area contributed by atoms with E-state index >= 15 is 0 Å². The lowest BCUT2D eigenvalue weighted by Gasteiger charge is -2.22. The lowest BCUT2D eigenvalue weighted by atomic mass is 9.89. The van der Waals surface area contributed by atoms with Crippen LogP contribution in [0.2, 0.25) is 0 Å². The first kappa shape index (κ1) is 15.5. The monoisotopic (exact) mass is 316 g/mol. The van der Waals surface area contributed by atoms with Crippen LogP contribution in [0.5, 0.6) is 0 Å². The van der Waals surface area contributed by atoms with Crippen LogP contribution in [0.25, 0.3) is 0 Å². The summed E-state index contributed by atoms with van der Waals surface area (Å²) < 4.78 is 39.9. The Morgan fingerprint density at radius 2 is 2.19 bits per heavy atom. The van der Waals surface area contributed by atoms with Crippen molar-refractivity contribution in [2.75, 3.05) is 6.26 Å². The zero-order chi connectivity index (χ0) is 15.6. The van der Waals surface area contributed by atoms with Crippen molar-refractivity contribution in [3.63, 3.8) is 0 Å². The molecule has 0 radical (unpaired) electrons. The molecule has 2 rings (SSSR count). The number of amides is 2. The van der Waals surface area contributed by atoms with Crippen molar-refractivity contribution in [1.29, 1.82) is 0 Å². The van der Waals surface area contributed by atoms with Gasteiger partial charge in [0.15, 0.2) is 0 Å². The molecule has 0 aliphatic carbocycles. The van der Waals surface area contributed by atoms with Crippen LogP contribution >= 0.6 is 0 Å². The van der Waals surface area contributed by atoms with Gasteiger partial charge in [-0.2, -0.15) is 12.8 Å². The fourth-order valence-electron chi connectivity index (χ4n) is 2.08. The highest BCUT2D eigenvalue weighted by atomic mass is 32.2. The number of nitrogens with zero attached hydrogens (tertiary/aromatic N) is 1. The van der Waals surface area contributed by atoms with Crippen LogP contribution in [0.1, 0.15) is 29.9 Å². The van der Waals surface area contributed by atoms with Crippen LogP contribution in [0.15, 0.2) is 12.3 Å². The molecule has 9 heteroatoms. The largest absolute Gasteiger partial charge is 0.296 e. The number of pyridine rings is 1. The van der Waals surface area contributed by atoms with E-state index < -0.39 is 34.5 Å². The fraction of sp³-hybridized carbons (Fsp3) is 0.417. The Labute approximate surface area is 120 Å². The number of hydrogen-bond donors (Lipinski definition) is 1. The van der Waals surface area contributed by atoms with E-state index in [4.69, 9.17) is 0 Å². The molecule has 1 unspecified atom stereocenters. The molecule has 7 nitrogen and oxygen atoms in total. The smallest absolute Gasteiger partial charge is 0.264 e. The SMILES string of the molecule is CS(=O)(=O)OCc1cc(F)ncc1C1CCC(=O)NC1=O. The number of halogens is 1. The normalized spacial score (nSPS) is 19.4. The summed E-state index contributed by atoms with van der Waals surface area (Å²) in [5.74, 6) is -2.38. The maximum Gasteiger partial charge on any atom is 0.264 e. The molecular weight excluding hydrogens is 303 g/mol. The summed E-state index contributed by atoms with van der Waals surface area (Å²) >= 11 is 0. The van der Waals surface area contributed by atoms with Crippen molar-refractivity contribution in [2.45, 2.75) is 25.4 Å². The Bertz CT molecular complexity index is 689. The molecule has 0 spiro atoms. The Morgan fingerprint density at radius 1 is 1.48 bits per heavy atom. The van der Waals surface area contributed by atoms with Crippen LogP contribution < -0.4 is 5.32 Å². The van der Waals surface area contributed by atoms with Gasteiger partial charge in [-0.1, -0.05) is 0 Å². The second-order valence-corrected chi connectivity index (χ2v) is 6.32. The van der Waals surface area contributed by atoms with Gasteiger partial charge in [0, 0.05) is 12.6 Å². The van der Waals surface area contributed by atoms with Gasteiger partial charge in [0.05, 0.1) is 18.8 Å². The first-order valence-electron chi connectivity index (χ1n) is 6.08. The summed E-state index contributed by atoms with van der Waals surface area (Å²) in [6.45, 7) is -0.397. The van der Waals surface area contributed by atoms with Crippen molar-refractivity contribution in [3.05, 3.63) is 29.3 Å². The summed E-state index contributed by atoms with van der Waals surface area (Å²) in [5.41, 5.74) is 0.562. The van der Waals surface area contributed by atoms with Crippen LogP contribution in [0, 0.1) is 5.95 Å². The third kappa shape index (κ3) is 4.05. The molecule has 1 aromatic heterocycles. The number of nitrogens with one attached hydrogen (secondary N) is 1. The number of imide groups is 1. The van der Waals surface area contributed by atoms with Crippen molar-refractivity contribution in [2.24, 2.45) is 0 Å². The van der Waals surface area contributed by atoms with Gasteiger partial charge < -0.3 is 0 Å². The number of rotatable bonds is 4. The summed E-state index contributed by atoms with van der Waals surface area (Å²) in [7, 11) is -3.70. The van der Waals surface area contributed by atoms with E-state index in [0.29, 0.717) is 5.56 Å². The van der Waals surface area contributed by atoms with Crippen LogP contribution in [-0.2, 0) is 30.5 Å². The second kappa shape index (κ2) is 5.86. The van der Waals surface area contributed by atoms with Crippen molar-refractivity contribution >= 4 is 21.9 Å². The van der Waals surface area contributed by atoms with E-state index in [1.54, 1.807) is 0 Å². The maximum absolute atomic E-state index is 13.2. The molecule has 1 atom stereocenters. The first-order chi connectivity index (χ1) is 9.76. The number of piperidine rings is 1. The molecular formula is C12H13FN2O5S. The van der Waals surface area contributed by atoms with Crippen molar-refractivity contribution in [1.82, 2.24) is 10.3 Å². The highest BCUT2D eigenvalue weighted by Crippen LogP contribution is 2.28. The van der Waals surface area contributed by atoms with Gasteiger partial charge in [0.2, 0.25) is 17.8 Å². The average Bonchev–Trinajstić information content (AvgIpc) is 2.36. The Hall–Kier alpha value is -1.87. The quantitative estimate of drug-likeness (QED) is 0.484. The molecule has 2 amide bonds. The fourth-order valence-corrected chi connectivity index (χ4v) is 2.42. The minimum atomic E-state index is -3.70. The third-order valence-corrected chi connectivity index (χ3v) is 3.58. The van der Waals surface area contributed by atoms with E-state index in [2.05, 4.69) is 14.5 Å². The predicted octanol–water partition coefficient (Wildman–Crippen LogP) is 0.217. The van der Waals surface area contributed by atoms with Gasteiger partial charge in [0.1, 0.15) is 0 Å². The number of aromatic nitrogens is 1. The van der Waals surface area contributed by atoms with E-state index in [1.807, 2.05) is 0 Å². The second-order valence-electron chi connectivity index (χ2n) is 4.68. The topological polar surface area (TPSA) is 102 Å². The third-order valence-electron chi connectivity index (χ3n) is 3.03. The summed E-state index contributed by atoms with van der Waals surface area (Å²) in [6, 6.07) is 1.02. The highest BCUT2D eigenvalue weighted by molar-refractivity contribution is 7.85. The number of hydrogen-bond acceptors (Lipinski definition) is 6. The van der Waals surface area contributed by atoms with Crippen molar-refractivity contribution in [3.8, 4) is 0 Å². The van der Waals surface area contributed by atoms with Gasteiger partial charge in [-0.05, 0) is 23.6 Å². The van der Waals surface area contributed by atoms with Gasteiger partial charge in [-0.15, -0.1) is 0 Å². The molecule has 1 N–H and O–H groups in total. The van der Waals surface area contributed by atoms with Crippen LogP contribution in [-0.4, -0.2) is 31.5 Å². The standard InChI is InChI=1S/C12H13FN2O5S/c1-21(18,19)20-6-7-4-10(13)14-5-9(7)8-2-3-11(16)15-12(8)17/h4-5,8H,2-3,6H2,1H3,(H,15,16,17). The molecule has 0 bridgehead atoms. The molecule has 1 saturated heterocycles. The van der Waals surface area contributed by atoms with Crippen LogP contribution in [0.3, 0.4) is 0 Å². The zero-order valence-corrected chi connectivity index (χ0v) is 11.9. The summed E-state index contributed by atoms with van der Waals surface area (Å²) in [6.07, 6.45) is 2.44. The van der Waals surface area contributed by atoms with E-state index in [9.17, 15) is 22.4 Å².